The molecule has 0 radical (unpaired) electrons. The van der Waals surface area contributed by atoms with E-state index in [0.717, 1.165) is 25.9 Å². The average molecular weight is 270 g/mol. The van der Waals surface area contributed by atoms with Gasteiger partial charge in [0, 0.05) is 25.6 Å². The molecule has 1 rings (SSSR count). The van der Waals surface area contributed by atoms with Crippen LogP contribution in [0.3, 0.4) is 0 Å². The summed E-state index contributed by atoms with van der Waals surface area (Å²) in [7, 11) is 0. The summed E-state index contributed by atoms with van der Waals surface area (Å²) < 4.78 is 5.04. The molecule has 1 N–H and O–H groups in total. The van der Waals surface area contributed by atoms with Gasteiger partial charge >= 0.3 is 5.97 Å². The second-order valence-electron chi connectivity index (χ2n) is 5.09. The van der Waals surface area contributed by atoms with Gasteiger partial charge in [0.2, 0.25) is 5.91 Å². The van der Waals surface area contributed by atoms with Crippen LogP contribution < -0.4 is 5.32 Å². The molecule has 0 bridgehead atoms. The SMILES string of the molecule is CCNC(C)CC(=O)N1CCCC(C(=O)OCC)C1. The van der Waals surface area contributed by atoms with Crippen molar-refractivity contribution in [2.45, 2.75) is 46.1 Å². The quantitative estimate of drug-likeness (QED) is 0.736. The Morgan fingerprint density at radius 3 is 2.79 bits per heavy atom. The Morgan fingerprint density at radius 2 is 2.16 bits per heavy atom. The first-order valence-corrected chi connectivity index (χ1v) is 7.26. The molecule has 19 heavy (non-hydrogen) atoms. The molecule has 0 aromatic carbocycles. The predicted octanol–water partition coefficient (Wildman–Crippen LogP) is 1.18. The number of nitrogens with one attached hydrogen (secondary N) is 1. The van der Waals surface area contributed by atoms with Crippen LogP contribution >= 0.6 is 0 Å². The molecule has 0 aliphatic carbocycles. The summed E-state index contributed by atoms with van der Waals surface area (Å²) in [4.78, 5) is 25.7. The minimum atomic E-state index is -0.167. The summed E-state index contributed by atoms with van der Waals surface area (Å²) in [6.45, 7) is 8.37. The zero-order valence-corrected chi connectivity index (χ0v) is 12.3. The first-order valence-electron chi connectivity index (χ1n) is 7.26. The Balaban J connectivity index is 2.45. The van der Waals surface area contributed by atoms with Crippen LogP contribution in [0.15, 0.2) is 0 Å². The van der Waals surface area contributed by atoms with Crippen LogP contribution in [0, 0.1) is 5.92 Å². The van der Waals surface area contributed by atoms with E-state index in [0.29, 0.717) is 19.6 Å². The van der Waals surface area contributed by atoms with Crippen LogP contribution in [0.1, 0.15) is 40.0 Å². The molecule has 1 saturated heterocycles. The summed E-state index contributed by atoms with van der Waals surface area (Å²) >= 11 is 0. The van der Waals surface area contributed by atoms with Crippen LogP contribution in [-0.4, -0.2) is 49.1 Å². The molecule has 1 fully saturated rings. The number of ether oxygens (including phenoxy) is 1. The van der Waals surface area contributed by atoms with Crippen molar-refractivity contribution in [3.63, 3.8) is 0 Å². The van der Waals surface area contributed by atoms with E-state index >= 15 is 0 Å². The first kappa shape index (κ1) is 16.0. The van der Waals surface area contributed by atoms with Gasteiger partial charge in [0.25, 0.3) is 0 Å². The van der Waals surface area contributed by atoms with Gasteiger partial charge in [-0.3, -0.25) is 9.59 Å². The summed E-state index contributed by atoms with van der Waals surface area (Å²) in [6, 6.07) is 0.181. The van der Waals surface area contributed by atoms with Crippen LogP contribution in [0.25, 0.3) is 0 Å². The van der Waals surface area contributed by atoms with Crippen molar-refractivity contribution in [2.24, 2.45) is 5.92 Å². The van der Waals surface area contributed by atoms with Gasteiger partial charge in [-0.2, -0.15) is 0 Å². The molecule has 0 aromatic rings. The van der Waals surface area contributed by atoms with Crippen LogP contribution in [0.5, 0.6) is 0 Å². The summed E-state index contributed by atoms with van der Waals surface area (Å²) in [5.41, 5.74) is 0. The van der Waals surface area contributed by atoms with Gasteiger partial charge < -0.3 is 15.0 Å². The molecule has 110 valence electrons. The number of carbonyl (C=O) groups is 2. The number of carbonyl (C=O) groups excluding carboxylic acids is 2. The number of piperidine rings is 1. The lowest BCUT2D eigenvalue weighted by atomic mass is 9.97. The van der Waals surface area contributed by atoms with E-state index in [-0.39, 0.29) is 23.8 Å². The van der Waals surface area contributed by atoms with E-state index in [1.807, 2.05) is 20.8 Å². The normalized spacial score (nSPS) is 21.0. The highest BCUT2D eigenvalue weighted by Gasteiger charge is 2.29. The fourth-order valence-corrected chi connectivity index (χ4v) is 2.47. The van der Waals surface area contributed by atoms with E-state index in [4.69, 9.17) is 4.74 Å². The lowest BCUT2D eigenvalue weighted by Crippen LogP contribution is -2.44. The second kappa shape index (κ2) is 8.15. The first-order chi connectivity index (χ1) is 9.08. The summed E-state index contributed by atoms with van der Waals surface area (Å²) in [5.74, 6) is -0.186. The van der Waals surface area contributed by atoms with Gasteiger partial charge in [-0.15, -0.1) is 0 Å². The summed E-state index contributed by atoms with van der Waals surface area (Å²) in [6.07, 6.45) is 2.19. The Labute approximate surface area is 115 Å². The minimum absolute atomic E-state index is 0.127. The van der Waals surface area contributed by atoms with Gasteiger partial charge in [0.05, 0.1) is 12.5 Å². The maximum absolute atomic E-state index is 12.1. The van der Waals surface area contributed by atoms with Crippen molar-refractivity contribution >= 4 is 11.9 Å². The van der Waals surface area contributed by atoms with E-state index in [2.05, 4.69) is 5.32 Å². The Hall–Kier alpha value is -1.10. The molecule has 1 heterocycles. The number of esters is 1. The van der Waals surface area contributed by atoms with Gasteiger partial charge in [-0.25, -0.2) is 0 Å². The lowest BCUT2D eigenvalue weighted by molar-refractivity contribution is -0.151. The van der Waals surface area contributed by atoms with Gasteiger partial charge in [0.15, 0.2) is 0 Å². The van der Waals surface area contributed by atoms with Crippen LogP contribution in [-0.2, 0) is 14.3 Å². The Kier molecular flexibility index (Phi) is 6.84. The van der Waals surface area contributed by atoms with Crippen molar-refractivity contribution in [3.05, 3.63) is 0 Å². The van der Waals surface area contributed by atoms with E-state index in [1.165, 1.54) is 0 Å². The molecule has 1 aliphatic rings. The number of rotatable bonds is 6. The molecule has 0 aromatic heterocycles. The van der Waals surface area contributed by atoms with Crippen molar-refractivity contribution < 1.29 is 14.3 Å². The third-order valence-electron chi connectivity index (χ3n) is 3.43. The maximum atomic E-state index is 12.1. The largest absolute Gasteiger partial charge is 0.466 e. The number of hydrogen-bond acceptors (Lipinski definition) is 4. The predicted molar refractivity (Wildman–Crippen MR) is 73.7 cm³/mol. The maximum Gasteiger partial charge on any atom is 0.310 e. The number of likely N-dealkylation sites (tertiary alicyclic amines) is 1. The monoisotopic (exact) mass is 270 g/mol. The number of nitrogens with zero attached hydrogens (tertiary/aromatic N) is 1. The van der Waals surface area contributed by atoms with Crippen molar-refractivity contribution in [3.8, 4) is 0 Å². The standard InChI is InChI=1S/C14H26N2O3/c1-4-15-11(3)9-13(17)16-8-6-7-12(10-16)14(18)19-5-2/h11-12,15H,4-10H2,1-3H3. The number of amides is 1. The van der Waals surface area contributed by atoms with Crippen molar-refractivity contribution in [1.82, 2.24) is 10.2 Å². The average Bonchev–Trinajstić information content (AvgIpc) is 2.39. The fraction of sp³-hybridized carbons (Fsp3) is 0.857. The molecule has 2 unspecified atom stereocenters. The van der Waals surface area contributed by atoms with E-state index in [9.17, 15) is 9.59 Å². The molecule has 5 nitrogen and oxygen atoms in total. The van der Waals surface area contributed by atoms with Gasteiger partial charge in [-0.05, 0) is 33.2 Å². The van der Waals surface area contributed by atoms with Crippen LogP contribution in [0.4, 0.5) is 0 Å². The van der Waals surface area contributed by atoms with Crippen molar-refractivity contribution in [2.75, 3.05) is 26.2 Å². The topological polar surface area (TPSA) is 58.6 Å². The molecule has 1 amide bonds. The third-order valence-corrected chi connectivity index (χ3v) is 3.43. The lowest BCUT2D eigenvalue weighted by Gasteiger charge is -2.32. The molecular formula is C14H26N2O3. The fourth-order valence-electron chi connectivity index (χ4n) is 2.47. The smallest absolute Gasteiger partial charge is 0.310 e. The third kappa shape index (κ3) is 5.19. The molecule has 2 atom stereocenters. The van der Waals surface area contributed by atoms with E-state index < -0.39 is 0 Å². The highest BCUT2D eigenvalue weighted by atomic mass is 16.5. The Bertz CT molecular complexity index is 307. The molecule has 0 saturated carbocycles. The molecule has 5 heteroatoms. The van der Waals surface area contributed by atoms with Crippen molar-refractivity contribution in [1.29, 1.82) is 0 Å². The zero-order chi connectivity index (χ0) is 14.3. The summed E-state index contributed by atoms with van der Waals surface area (Å²) in [5, 5.41) is 3.23. The van der Waals surface area contributed by atoms with Crippen LogP contribution in [0.2, 0.25) is 0 Å². The van der Waals surface area contributed by atoms with Gasteiger partial charge in [-0.1, -0.05) is 6.92 Å². The molecule has 0 spiro atoms. The number of hydrogen-bond donors (Lipinski definition) is 1. The Morgan fingerprint density at radius 1 is 1.42 bits per heavy atom. The highest BCUT2D eigenvalue weighted by molar-refractivity contribution is 5.79. The zero-order valence-electron chi connectivity index (χ0n) is 12.3. The second-order valence-corrected chi connectivity index (χ2v) is 5.09. The highest BCUT2D eigenvalue weighted by Crippen LogP contribution is 2.18. The molecular weight excluding hydrogens is 244 g/mol. The van der Waals surface area contributed by atoms with Gasteiger partial charge in [0.1, 0.15) is 0 Å². The minimum Gasteiger partial charge on any atom is -0.466 e. The molecule has 1 aliphatic heterocycles. The van der Waals surface area contributed by atoms with E-state index in [1.54, 1.807) is 4.90 Å².